The Morgan fingerprint density at radius 2 is 1.37 bits per heavy atom. The number of hydrogen-bond donors (Lipinski definition) is 0. The highest BCUT2D eigenvalue weighted by Gasteiger charge is 2.11. The number of aliphatic imine (C=N–C) groups is 1. The number of ether oxygens (including phenoxy) is 2. The van der Waals surface area contributed by atoms with E-state index in [1.54, 1.807) is 6.26 Å². The number of benzene rings is 3. The summed E-state index contributed by atoms with van der Waals surface area (Å²) in [4.78, 5) is 4.69. The predicted molar refractivity (Wildman–Crippen MR) is 111 cm³/mol. The van der Waals surface area contributed by atoms with Crippen molar-refractivity contribution < 1.29 is 9.47 Å². The molecule has 0 saturated heterocycles. The average Bonchev–Trinajstić information content (AvgIpc) is 2.70. The van der Waals surface area contributed by atoms with Crippen LogP contribution >= 0.6 is 0 Å². The first-order valence-electron chi connectivity index (χ1n) is 8.90. The first kappa shape index (κ1) is 18.5. The monoisotopic (exact) mass is 357 g/mol. The van der Waals surface area contributed by atoms with Gasteiger partial charge >= 0.3 is 0 Å². The van der Waals surface area contributed by atoms with E-state index in [1.807, 2.05) is 99.6 Å². The van der Waals surface area contributed by atoms with Crippen molar-refractivity contribution in [1.82, 2.24) is 0 Å². The summed E-state index contributed by atoms with van der Waals surface area (Å²) in [5, 5.41) is 0. The molecule has 3 heteroatoms. The van der Waals surface area contributed by atoms with Crippen LogP contribution in [0.25, 0.3) is 0 Å². The topological polar surface area (TPSA) is 30.8 Å². The summed E-state index contributed by atoms with van der Waals surface area (Å²) in [6.45, 7) is 5.99. The molecular formula is C24H23NO2. The maximum Gasteiger partial charge on any atom is 0.225 e. The molecule has 0 bridgehead atoms. The Labute approximate surface area is 160 Å². The Bertz CT molecular complexity index is 924. The minimum Gasteiger partial charge on any atom is -0.465 e. The van der Waals surface area contributed by atoms with Gasteiger partial charge in [0, 0.05) is 5.57 Å². The van der Waals surface area contributed by atoms with Crippen molar-refractivity contribution in [1.29, 1.82) is 0 Å². The average molecular weight is 357 g/mol. The summed E-state index contributed by atoms with van der Waals surface area (Å²) in [6.07, 6.45) is 1.67. The molecule has 0 aliphatic heterocycles. The van der Waals surface area contributed by atoms with Gasteiger partial charge in [0.1, 0.15) is 11.5 Å². The molecule has 0 fully saturated rings. The third-order valence-corrected chi connectivity index (χ3v) is 4.05. The second-order valence-electron chi connectivity index (χ2n) is 6.31. The summed E-state index contributed by atoms with van der Waals surface area (Å²) < 4.78 is 12.0. The van der Waals surface area contributed by atoms with E-state index in [1.165, 1.54) is 0 Å². The maximum atomic E-state index is 6.23. The van der Waals surface area contributed by atoms with E-state index in [0.717, 1.165) is 33.9 Å². The van der Waals surface area contributed by atoms with Crippen molar-refractivity contribution in [3.05, 3.63) is 102 Å². The standard InChI is InChI=1S/C24H23NO2/c1-18-11-10-12-19(2)23(18)27-24(25-21-13-6-4-7-14-21)20(3)17-26-22-15-8-5-9-16-22/h4-17H,1-3H3/b20-17+,25-24-. The number of rotatable bonds is 5. The van der Waals surface area contributed by atoms with Crippen LogP contribution in [0.3, 0.4) is 0 Å². The van der Waals surface area contributed by atoms with Crippen LogP contribution in [0.2, 0.25) is 0 Å². The number of aryl methyl sites for hydroxylation is 2. The van der Waals surface area contributed by atoms with Crippen LogP contribution in [0.1, 0.15) is 18.1 Å². The number of para-hydroxylation sites is 3. The van der Waals surface area contributed by atoms with Gasteiger partial charge in [0.15, 0.2) is 0 Å². The van der Waals surface area contributed by atoms with Gasteiger partial charge in [-0.1, -0.05) is 54.6 Å². The quantitative estimate of drug-likeness (QED) is 0.301. The molecule has 3 aromatic carbocycles. The molecule has 3 aromatic rings. The lowest BCUT2D eigenvalue weighted by Gasteiger charge is -2.14. The minimum atomic E-state index is 0.509. The molecule has 0 spiro atoms. The van der Waals surface area contributed by atoms with E-state index in [4.69, 9.17) is 14.5 Å². The zero-order chi connectivity index (χ0) is 19.1. The molecule has 0 radical (unpaired) electrons. The van der Waals surface area contributed by atoms with Crippen LogP contribution in [0.5, 0.6) is 11.5 Å². The summed E-state index contributed by atoms with van der Waals surface area (Å²) in [5.41, 5.74) is 3.75. The highest BCUT2D eigenvalue weighted by atomic mass is 16.5. The van der Waals surface area contributed by atoms with E-state index < -0.39 is 0 Å². The fourth-order valence-electron chi connectivity index (χ4n) is 2.57. The van der Waals surface area contributed by atoms with Crippen molar-refractivity contribution in [2.45, 2.75) is 20.8 Å². The number of nitrogens with zero attached hydrogens (tertiary/aromatic N) is 1. The third-order valence-electron chi connectivity index (χ3n) is 4.05. The first-order chi connectivity index (χ1) is 13.1. The van der Waals surface area contributed by atoms with Crippen LogP contribution in [0.15, 0.2) is 95.7 Å². The van der Waals surface area contributed by atoms with Gasteiger partial charge in [-0.3, -0.25) is 0 Å². The minimum absolute atomic E-state index is 0.509. The summed E-state index contributed by atoms with van der Waals surface area (Å²) in [7, 11) is 0. The van der Waals surface area contributed by atoms with Gasteiger partial charge in [0.2, 0.25) is 5.90 Å². The van der Waals surface area contributed by atoms with Crippen LogP contribution < -0.4 is 9.47 Å². The van der Waals surface area contributed by atoms with Gasteiger partial charge in [-0.25, -0.2) is 4.99 Å². The fourth-order valence-corrected chi connectivity index (χ4v) is 2.57. The molecule has 0 aromatic heterocycles. The molecule has 0 N–H and O–H groups in total. The molecule has 0 saturated carbocycles. The fraction of sp³-hybridized carbons (Fsp3) is 0.125. The largest absolute Gasteiger partial charge is 0.465 e. The van der Waals surface area contributed by atoms with E-state index in [9.17, 15) is 0 Å². The smallest absolute Gasteiger partial charge is 0.225 e. The molecule has 0 heterocycles. The third kappa shape index (κ3) is 5.08. The Balaban J connectivity index is 1.93. The lowest BCUT2D eigenvalue weighted by atomic mass is 10.1. The molecule has 136 valence electrons. The van der Waals surface area contributed by atoms with E-state index >= 15 is 0 Å². The van der Waals surface area contributed by atoms with Crippen LogP contribution in [0.4, 0.5) is 5.69 Å². The first-order valence-corrected chi connectivity index (χ1v) is 8.90. The zero-order valence-corrected chi connectivity index (χ0v) is 15.8. The molecule has 0 aliphatic rings. The maximum absolute atomic E-state index is 6.23. The molecule has 0 atom stereocenters. The second-order valence-corrected chi connectivity index (χ2v) is 6.31. The van der Waals surface area contributed by atoms with Crippen molar-refractivity contribution in [2.24, 2.45) is 4.99 Å². The summed E-state index contributed by atoms with van der Waals surface area (Å²) >= 11 is 0. The van der Waals surface area contributed by atoms with Gasteiger partial charge in [0.25, 0.3) is 0 Å². The van der Waals surface area contributed by atoms with Crippen molar-refractivity contribution >= 4 is 11.6 Å². The predicted octanol–water partition coefficient (Wildman–Crippen LogP) is 6.40. The SMILES string of the molecule is CC(=C\Oc1ccccc1)/C(=N/c1ccccc1)Oc1c(C)cccc1C. The second kappa shape index (κ2) is 8.86. The van der Waals surface area contributed by atoms with Crippen LogP contribution in [-0.2, 0) is 0 Å². The van der Waals surface area contributed by atoms with Gasteiger partial charge in [-0.2, -0.15) is 0 Å². The Kier molecular flexibility index (Phi) is 6.06. The lowest BCUT2D eigenvalue weighted by Crippen LogP contribution is -2.12. The van der Waals surface area contributed by atoms with Gasteiger partial charge in [-0.15, -0.1) is 0 Å². The van der Waals surface area contributed by atoms with E-state index in [-0.39, 0.29) is 0 Å². The zero-order valence-electron chi connectivity index (χ0n) is 15.8. The Morgan fingerprint density at radius 1 is 0.778 bits per heavy atom. The summed E-state index contributed by atoms with van der Waals surface area (Å²) in [6, 6.07) is 25.5. The lowest BCUT2D eigenvalue weighted by molar-refractivity contribution is 0.473. The Morgan fingerprint density at radius 3 is 2.00 bits per heavy atom. The highest BCUT2D eigenvalue weighted by molar-refractivity contribution is 5.96. The van der Waals surface area contributed by atoms with Gasteiger partial charge < -0.3 is 9.47 Å². The van der Waals surface area contributed by atoms with E-state index in [2.05, 4.69) is 0 Å². The van der Waals surface area contributed by atoms with Gasteiger partial charge in [-0.05, 0) is 56.2 Å². The van der Waals surface area contributed by atoms with Crippen LogP contribution in [0, 0.1) is 13.8 Å². The molecule has 3 rings (SSSR count). The Hall–Kier alpha value is -3.33. The van der Waals surface area contributed by atoms with Crippen LogP contribution in [-0.4, -0.2) is 5.90 Å². The molecule has 27 heavy (non-hydrogen) atoms. The summed E-state index contributed by atoms with van der Waals surface area (Å²) in [5.74, 6) is 2.09. The van der Waals surface area contributed by atoms with Crippen molar-refractivity contribution in [2.75, 3.05) is 0 Å². The molecule has 0 unspecified atom stereocenters. The molecular weight excluding hydrogens is 334 g/mol. The highest BCUT2D eigenvalue weighted by Crippen LogP contribution is 2.25. The van der Waals surface area contributed by atoms with E-state index in [0.29, 0.717) is 5.90 Å². The molecule has 0 amide bonds. The normalized spacial score (nSPS) is 12.0. The van der Waals surface area contributed by atoms with Crippen molar-refractivity contribution in [3.8, 4) is 11.5 Å². The molecule has 0 aliphatic carbocycles. The number of hydrogen-bond acceptors (Lipinski definition) is 3. The molecule has 3 nitrogen and oxygen atoms in total. The van der Waals surface area contributed by atoms with Gasteiger partial charge in [0.05, 0.1) is 11.9 Å². The van der Waals surface area contributed by atoms with Crippen molar-refractivity contribution in [3.63, 3.8) is 0 Å².